The Labute approximate surface area is 436 Å². The van der Waals surface area contributed by atoms with Crippen molar-refractivity contribution in [3.63, 3.8) is 0 Å². The van der Waals surface area contributed by atoms with E-state index in [-0.39, 0.29) is 53.3 Å². The van der Waals surface area contributed by atoms with E-state index in [1.54, 1.807) is 6.07 Å². The third-order valence-electron chi connectivity index (χ3n) is 17.8. The summed E-state index contributed by atoms with van der Waals surface area (Å²) in [5, 5.41) is 16.8. The number of piperidine rings is 1. The van der Waals surface area contributed by atoms with Gasteiger partial charge in [0.05, 0.1) is 71.7 Å². The Morgan fingerprint density at radius 2 is 1.76 bits per heavy atom. The fourth-order valence-corrected chi connectivity index (χ4v) is 14.6. The number of anilines is 4. The highest BCUT2D eigenvalue weighted by molar-refractivity contribution is 7.90. The maximum Gasteiger partial charge on any atom is 0.297 e. The fourth-order valence-electron chi connectivity index (χ4n) is 13.6. The average molecular weight is 1040 g/mol. The van der Waals surface area contributed by atoms with Crippen LogP contribution in [0.1, 0.15) is 86.3 Å². The lowest BCUT2D eigenvalue weighted by Crippen LogP contribution is -2.62. The molecule has 13 rings (SSSR count). The van der Waals surface area contributed by atoms with Crippen LogP contribution in [-0.2, 0) is 30.7 Å². The Hall–Kier alpha value is -6.03. The van der Waals surface area contributed by atoms with Crippen molar-refractivity contribution in [1.82, 2.24) is 24.5 Å². The minimum atomic E-state index is -4.73. The Balaban J connectivity index is 0.782. The van der Waals surface area contributed by atoms with Crippen molar-refractivity contribution in [3.8, 4) is 11.6 Å². The molecule has 7 aliphatic heterocycles. The van der Waals surface area contributed by atoms with Crippen molar-refractivity contribution in [2.75, 3.05) is 80.9 Å². The summed E-state index contributed by atoms with van der Waals surface area (Å²) in [6, 6.07) is 21.5. The number of hydrogen-bond acceptors (Lipinski definition) is 16. The van der Waals surface area contributed by atoms with E-state index in [9.17, 15) is 23.3 Å². The van der Waals surface area contributed by atoms with Gasteiger partial charge in [0.1, 0.15) is 24.0 Å². The SMILES string of the molecule is CCc1ccccc1[C@@H]1CCCN1C1CC2(CCN(c3ccc(C(=O)NS(=O)(=O)c4cc5c(c([N+](=O)[O-])c4)N[C@@H]([C@H]4CN(C6COC6)[C@H](C)CO4)CO5)c(N4c5cc6cc[nH]c6nc5O[C@@H]5COCC[C@@H]54)c3)CC2)C1. The number of sulfonamides is 1. The van der Waals surface area contributed by atoms with E-state index < -0.39 is 43.6 Å². The number of aromatic nitrogens is 2. The second kappa shape index (κ2) is 19.2. The molecule has 6 fully saturated rings. The van der Waals surface area contributed by atoms with Crippen molar-refractivity contribution in [1.29, 1.82) is 0 Å². The summed E-state index contributed by atoms with van der Waals surface area (Å²) in [6.07, 6.45) is 9.58. The minimum Gasteiger partial charge on any atom is -0.489 e. The molecule has 1 saturated carbocycles. The zero-order chi connectivity index (χ0) is 51.2. The van der Waals surface area contributed by atoms with E-state index in [2.05, 4.69) is 72.7 Å². The molecule has 0 radical (unpaired) electrons. The molecule has 1 aliphatic carbocycles. The van der Waals surface area contributed by atoms with Gasteiger partial charge in [-0.25, -0.2) is 13.1 Å². The first-order valence-corrected chi connectivity index (χ1v) is 28.4. The maximum atomic E-state index is 14.9. The number of nitro groups is 1. The first-order chi connectivity index (χ1) is 36.4. The molecule has 0 bridgehead atoms. The molecule has 1 amide bonds. The summed E-state index contributed by atoms with van der Waals surface area (Å²) in [6.45, 7) is 10.4. The maximum absolute atomic E-state index is 14.9. The van der Waals surface area contributed by atoms with Crippen LogP contribution in [0.2, 0.25) is 0 Å². The highest BCUT2D eigenvalue weighted by atomic mass is 32.2. The number of ether oxygens (including phenoxy) is 5. The summed E-state index contributed by atoms with van der Waals surface area (Å²) >= 11 is 0. The van der Waals surface area contributed by atoms with Crippen LogP contribution < -0.4 is 29.3 Å². The molecule has 0 unspecified atom stereocenters. The Morgan fingerprint density at radius 3 is 2.56 bits per heavy atom. The van der Waals surface area contributed by atoms with Crippen LogP contribution in [0, 0.1) is 15.5 Å². The van der Waals surface area contributed by atoms with Gasteiger partial charge in [-0.3, -0.25) is 24.7 Å². The van der Waals surface area contributed by atoms with E-state index in [4.69, 9.17) is 28.7 Å². The molecular weight excluding hydrogens is 979 g/mol. The molecule has 2 aromatic heterocycles. The summed E-state index contributed by atoms with van der Waals surface area (Å²) in [4.78, 5) is 44.1. The van der Waals surface area contributed by atoms with E-state index in [0.717, 1.165) is 56.0 Å². The number of rotatable bonds is 11. The monoisotopic (exact) mass is 1040 g/mol. The molecule has 8 aliphatic rings. The Morgan fingerprint density at radius 1 is 0.920 bits per heavy atom. The van der Waals surface area contributed by atoms with Gasteiger partial charge >= 0.3 is 0 Å². The van der Waals surface area contributed by atoms with Crippen LogP contribution in [0.15, 0.2) is 77.8 Å². The first kappa shape index (κ1) is 48.6. The number of nitrogens with zero attached hydrogens (tertiary/aromatic N) is 6. The predicted octanol–water partition coefficient (Wildman–Crippen LogP) is 7.09. The van der Waals surface area contributed by atoms with E-state index in [0.29, 0.717) is 81.0 Å². The van der Waals surface area contributed by atoms with Gasteiger partial charge in [-0.15, -0.1) is 0 Å². The third-order valence-corrected chi connectivity index (χ3v) is 19.1. The van der Waals surface area contributed by atoms with Crippen LogP contribution >= 0.6 is 0 Å². The molecule has 20 heteroatoms. The van der Waals surface area contributed by atoms with Gasteiger partial charge in [-0.1, -0.05) is 31.2 Å². The molecule has 19 nitrogen and oxygen atoms in total. The number of amides is 1. The number of pyridine rings is 1. The number of carbonyl (C=O) groups excluding carboxylic acids is 1. The fraction of sp³-hybridized carbons (Fsp3) is 0.527. The molecule has 6 atom stereocenters. The largest absolute Gasteiger partial charge is 0.489 e. The van der Waals surface area contributed by atoms with Gasteiger partial charge in [-0.2, -0.15) is 4.98 Å². The molecule has 5 aromatic rings. The molecule has 5 saturated heterocycles. The predicted molar refractivity (Wildman–Crippen MR) is 281 cm³/mol. The van der Waals surface area contributed by atoms with Crippen molar-refractivity contribution in [2.24, 2.45) is 5.41 Å². The van der Waals surface area contributed by atoms with E-state index in [1.807, 2.05) is 30.5 Å². The van der Waals surface area contributed by atoms with Crippen LogP contribution in [0.4, 0.5) is 28.4 Å². The van der Waals surface area contributed by atoms with E-state index >= 15 is 0 Å². The van der Waals surface area contributed by atoms with Crippen LogP contribution in [0.3, 0.4) is 0 Å². The number of fused-ring (bicyclic) bond motifs is 4. The van der Waals surface area contributed by atoms with Crippen LogP contribution in [0.5, 0.6) is 11.6 Å². The number of nitro benzene ring substituents is 1. The summed E-state index contributed by atoms with van der Waals surface area (Å²) in [5.74, 6) is -0.538. The summed E-state index contributed by atoms with van der Waals surface area (Å²) in [7, 11) is -4.73. The van der Waals surface area contributed by atoms with Gasteiger partial charge < -0.3 is 43.8 Å². The zero-order valence-corrected chi connectivity index (χ0v) is 43.3. The van der Waals surface area contributed by atoms with Gasteiger partial charge in [-0.05, 0) is 112 Å². The minimum absolute atomic E-state index is 0.00971. The van der Waals surface area contributed by atoms with Crippen molar-refractivity contribution in [3.05, 3.63) is 99.7 Å². The number of H-pyrrole nitrogens is 1. The van der Waals surface area contributed by atoms with Crippen molar-refractivity contribution < 1.29 is 41.8 Å². The standard InChI is InChI=1S/C55H65N9O10S/c1-3-34-7-4-5-8-40(34)43-9-6-17-61(43)37-25-55(26-37)14-18-60(19-15-55)36-10-11-41(45(22-36)63-44-13-20-70-32-50(44)74-54-47(63)21-35-12-16-56-52(35)58-54)53(65)59-75(68,69)39-23-46(64(66)67)51-48(24-39)73-31-42(57-51)49-27-62(33(2)28-72-49)38-29-71-30-38/h4-5,7-8,10-12,16,21-24,33,37-38,42-44,49-50,57H,3,6,9,13-15,17-20,25-32H2,1-2H3,(H,56,58)(H,59,65)/t33-,42-,43+,44+,49-,50-/m1/s1. The smallest absolute Gasteiger partial charge is 0.297 e. The van der Waals surface area contributed by atoms with Crippen molar-refractivity contribution >= 4 is 55.4 Å². The second-order valence-corrected chi connectivity index (χ2v) is 23.7. The lowest BCUT2D eigenvalue weighted by atomic mass is 9.59. The van der Waals surface area contributed by atoms with Gasteiger partial charge in [0.15, 0.2) is 11.4 Å². The second-order valence-electron chi connectivity index (χ2n) is 22.1. The molecule has 396 valence electrons. The normalized spacial score (nSPS) is 27.0. The summed E-state index contributed by atoms with van der Waals surface area (Å²) in [5.41, 5.74) is 5.60. The van der Waals surface area contributed by atoms with Gasteiger partial charge in [0.25, 0.3) is 21.6 Å². The van der Waals surface area contributed by atoms with Crippen LogP contribution in [0.25, 0.3) is 11.0 Å². The molecule has 9 heterocycles. The number of likely N-dealkylation sites (tertiary alicyclic amines) is 1. The Bertz CT molecular complexity index is 3130. The summed E-state index contributed by atoms with van der Waals surface area (Å²) < 4.78 is 61.5. The lowest BCUT2D eigenvalue weighted by Gasteiger charge is -2.56. The number of nitrogens with one attached hydrogen (secondary N) is 3. The number of aromatic amines is 1. The first-order valence-electron chi connectivity index (χ1n) is 26.9. The molecule has 3 aromatic carbocycles. The van der Waals surface area contributed by atoms with E-state index in [1.165, 1.54) is 42.9 Å². The van der Waals surface area contributed by atoms with Gasteiger partial charge in [0.2, 0.25) is 5.88 Å². The highest BCUT2D eigenvalue weighted by Gasteiger charge is 2.50. The number of aryl methyl sites for hydroxylation is 1. The third kappa shape index (κ3) is 8.74. The Kier molecular flexibility index (Phi) is 12.4. The lowest BCUT2D eigenvalue weighted by molar-refractivity contribution is -0.384. The molecule has 75 heavy (non-hydrogen) atoms. The van der Waals surface area contributed by atoms with Crippen molar-refractivity contribution in [2.45, 2.75) is 119 Å². The number of carbonyl (C=O) groups is 1. The van der Waals surface area contributed by atoms with Gasteiger partial charge in [0, 0.05) is 73.8 Å². The number of hydrogen-bond donors (Lipinski definition) is 3. The molecule has 1 spiro atoms. The number of benzene rings is 3. The molecule has 3 N–H and O–H groups in total. The van der Waals surface area contributed by atoms with Crippen LogP contribution in [-0.4, -0.2) is 147 Å². The quantitative estimate of drug-likeness (QED) is 0.0892. The topological polar surface area (TPSA) is 206 Å². The number of morpholine rings is 1. The highest BCUT2D eigenvalue weighted by Crippen LogP contribution is 2.55. The zero-order valence-electron chi connectivity index (χ0n) is 42.4. The average Bonchev–Trinajstić information content (AvgIpc) is 4.09. The molecular formula is C55H65N9O10S.